The molecule has 0 aliphatic rings. The van der Waals surface area contributed by atoms with E-state index in [-0.39, 0.29) is 5.91 Å². The minimum atomic E-state index is 0.119. The third-order valence-electron chi connectivity index (χ3n) is 2.33. The largest absolute Gasteiger partial charge is 0.355 e. The molecule has 16 heavy (non-hydrogen) atoms. The van der Waals surface area contributed by atoms with Crippen LogP contribution < -0.4 is 5.32 Å². The summed E-state index contributed by atoms with van der Waals surface area (Å²) in [4.78, 5) is 13.4. The summed E-state index contributed by atoms with van der Waals surface area (Å²) in [7, 11) is 4.00. The Morgan fingerprint density at radius 1 is 1.25 bits per heavy atom. The lowest BCUT2D eigenvalue weighted by atomic mass is 10.2. The topological polar surface area (TPSA) is 32.3 Å². The first-order chi connectivity index (χ1) is 7.66. The molecule has 0 atom stereocenters. The number of unbranched alkanes of at least 4 members (excludes halogenated alkanes) is 3. The van der Waals surface area contributed by atoms with Gasteiger partial charge < -0.3 is 10.2 Å². The van der Waals surface area contributed by atoms with Crippen molar-refractivity contribution in [3.05, 3.63) is 12.2 Å². The number of nitrogens with one attached hydrogen (secondary N) is 1. The first-order valence-electron chi connectivity index (χ1n) is 6.23. The first kappa shape index (κ1) is 15.2. The number of rotatable bonds is 9. The van der Waals surface area contributed by atoms with Crippen molar-refractivity contribution in [2.45, 2.75) is 39.0 Å². The molecule has 0 aliphatic heterocycles. The summed E-state index contributed by atoms with van der Waals surface area (Å²) in [6.45, 7) is 3.82. The van der Waals surface area contributed by atoms with Gasteiger partial charge in [0.05, 0.1) is 0 Å². The molecule has 0 unspecified atom stereocenters. The highest BCUT2D eigenvalue weighted by Gasteiger charge is 1.96. The number of amides is 1. The Balaban J connectivity index is 3.35. The van der Waals surface area contributed by atoms with E-state index in [1.54, 1.807) is 0 Å². The molecular weight excluding hydrogens is 200 g/mol. The van der Waals surface area contributed by atoms with Crippen molar-refractivity contribution < 1.29 is 4.79 Å². The van der Waals surface area contributed by atoms with E-state index in [4.69, 9.17) is 0 Å². The van der Waals surface area contributed by atoms with Gasteiger partial charge in [0.2, 0.25) is 5.91 Å². The average molecular weight is 226 g/mol. The zero-order chi connectivity index (χ0) is 12.2. The molecule has 3 nitrogen and oxygen atoms in total. The Bertz CT molecular complexity index is 200. The maximum atomic E-state index is 11.3. The van der Waals surface area contributed by atoms with E-state index in [9.17, 15) is 4.79 Å². The standard InChI is InChI=1S/C13H26N2O/c1-4-5-6-7-8-9-10-13(16)14-11-12-15(2)3/h8-9H,4-7,10-12H2,1-3H3,(H,14,16)/b9-8+. The van der Waals surface area contributed by atoms with Gasteiger partial charge >= 0.3 is 0 Å². The van der Waals surface area contributed by atoms with Crippen molar-refractivity contribution >= 4 is 5.91 Å². The van der Waals surface area contributed by atoms with Crippen molar-refractivity contribution in [2.75, 3.05) is 27.2 Å². The molecule has 0 aliphatic carbocycles. The third-order valence-corrected chi connectivity index (χ3v) is 2.33. The highest BCUT2D eigenvalue weighted by Crippen LogP contribution is 1.99. The molecule has 1 amide bonds. The molecule has 0 rings (SSSR count). The normalized spacial score (nSPS) is 11.2. The maximum absolute atomic E-state index is 11.3. The van der Waals surface area contributed by atoms with Gasteiger partial charge in [-0.15, -0.1) is 0 Å². The molecule has 0 bridgehead atoms. The highest BCUT2D eigenvalue weighted by atomic mass is 16.1. The van der Waals surface area contributed by atoms with E-state index in [0.717, 1.165) is 19.5 Å². The molecule has 0 saturated heterocycles. The van der Waals surface area contributed by atoms with Crippen LogP contribution in [-0.4, -0.2) is 38.0 Å². The van der Waals surface area contributed by atoms with Crippen LogP contribution in [0.25, 0.3) is 0 Å². The fourth-order valence-corrected chi connectivity index (χ4v) is 1.31. The monoisotopic (exact) mass is 226 g/mol. The van der Waals surface area contributed by atoms with Crippen molar-refractivity contribution in [1.82, 2.24) is 10.2 Å². The minimum Gasteiger partial charge on any atom is -0.355 e. The molecular formula is C13H26N2O. The molecule has 0 spiro atoms. The molecule has 3 heteroatoms. The SMILES string of the molecule is CCCCC/C=C/CC(=O)NCCN(C)C. The molecule has 0 fully saturated rings. The Labute approximate surface area is 99.9 Å². The van der Waals surface area contributed by atoms with E-state index < -0.39 is 0 Å². The predicted octanol–water partition coefficient (Wildman–Crippen LogP) is 2.19. The maximum Gasteiger partial charge on any atom is 0.223 e. The lowest BCUT2D eigenvalue weighted by Gasteiger charge is -2.09. The lowest BCUT2D eigenvalue weighted by Crippen LogP contribution is -2.30. The second-order valence-electron chi connectivity index (χ2n) is 4.32. The summed E-state index contributed by atoms with van der Waals surface area (Å²) >= 11 is 0. The quantitative estimate of drug-likeness (QED) is 0.483. The summed E-state index contributed by atoms with van der Waals surface area (Å²) in [5, 5.41) is 2.88. The smallest absolute Gasteiger partial charge is 0.223 e. The molecule has 1 N–H and O–H groups in total. The van der Waals surface area contributed by atoms with Gasteiger partial charge in [-0.2, -0.15) is 0 Å². The van der Waals surface area contributed by atoms with Crippen LogP contribution >= 0.6 is 0 Å². The fraction of sp³-hybridized carbons (Fsp3) is 0.769. The minimum absolute atomic E-state index is 0.119. The average Bonchev–Trinajstić information content (AvgIpc) is 2.22. The number of hydrogen-bond donors (Lipinski definition) is 1. The summed E-state index contributed by atoms with van der Waals surface area (Å²) in [6, 6.07) is 0. The van der Waals surface area contributed by atoms with Gasteiger partial charge in [0.15, 0.2) is 0 Å². The number of likely N-dealkylation sites (N-methyl/N-ethyl adjacent to an activating group) is 1. The lowest BCUT2D eigenvalue weighted by molar-refractivity contribution is -0.120. The van der Waals surface area contributed by atoms with Crippen LogP contribution in [0.1, 0.15) is 39.0 Å². The van der Waals surface area contributed by atoms with Crippen LogP contribution in [0, 0.1) is 0 Å². The fourth-order valence-electron chi connectivity index (χ4n) is 1.31. The van der Waals surface area contributed by atoms with Crippen molar-refractivity contribution in [1.29, 1.82) is 0 Å². The van der Waals surface area contributed by atoms with Crippen LogP contribution in [0.5, 0.6) is 0 Å². The Morgan fingerprint density at radius 3 is 2.62 bits per heavy atom. The van der Waals surface area contributed by atoms with E-state index in [1.165, 1.54) is 19.3 Å². The zero-order valence-electron chi connectivity index (χ0n) is 11.0. The molecule has 0 radical (unpaired) electrons. The molecule has 0 heterocycles. The Morgan fingerprint density at radius 2 is 2.00 bits per heavy atom. The molecule has 0 aromatic rings. The number of nitrogens with zero attached hydrogens (tertiary/aromatic N) is 1. The summed E-state index contributed by atoms with van der Waals surface area (Å²) in [6.07, 6.45) is 9.45. The van der Waals surface area contributed by atoms with Crippen LogP contribution in [0.2, 0.25) is 0 Å². The van der Waals surface area contributed by atoms with Gasteiger partial charge in [-0.1, -0.05) is 31.9 Å². The van der Waals surface area contributed by atoms with Crippen LogP contribution in [0.4, 0.5) is 0 Å². The number of carbonyl (C=O) groups is 1. The second kappa shape index (κ2) is 10.7. The van der Waals surface area contributed by atoms with Crippen molar-refractivity contribution in [2.24, 2.45) is 0 Å². The van der Waals surface area contributed by atoms with E-state index in [0.29, 0.717) is 6.42 Å². The van der Waals surface area contributed by atoms with Gasteiger partial charge in [-0.25, -0.2) is 0 Å². The Hall–Kier alpha value is -0.830. The number of carbonyl (C=O) groups excluding carboxylic acids is 1. The van der Waals surface area contributed by atoms with Crippen molar-refractivity contribution in [3.63, 3.8) is 0 Å². The highest BCUT2D eigenvalue weighted by molar-refractivity contribution is 5.77. The van der Waals surface area contributed by atoms with Gasteiger partial charge in [0, 0.05) is 19.5 Å². The predicted molar refractivity (Wildman–Crippen MR) is 69.5 cm³/mol. The van der Waals surface area contributed by atoms with E-state index in [2.05, 4.69) is 23.2 Å². The Kier molecular flexibility index (Phi) is 10.1. The van der Waals surface area contributed by atoms with E-state index >= 15 is 0 Å². The van der Waals surface area contributed by atoms with Crippen LogP contribution in [-0.2, 0) is 4.79 Å². The summed E-state index contributed by atoms with van der Waals surface area (Å²) in [5.41, 5.74) is 0. The summed E-state index contributed by atoms with van der Waals surface area (Å²) < 4.78 is 0. The van der Waals surface area contributed by atoms with Gasteiger partial charge in [-0.05, 0) is 26.9 Å². The number of allylic oxidation sites excluding steroid dienone is 1. The molecule has 0 saturated carbocycles. The summed E-state index contributed by atoms with van der Waals surface area (Å²) in [5.74, 6) is 0.119. The second-order valence-corrected chi connectivity index (χ2v) is 4.32. The van der Waals surface area contributed by atoms with Gasteiger partial charge in [0.1, 0.15) is 0 Å². The van der Waals surface area contributed by atoms with Gasteiger partial charge in [-0.3, -0.25) is 4.79 Å². The third kappa shape index (κ3) is 11.2. The molecule has 0 aromatic heterocycles. The first-order valence-corrected chi connectivity index (χ1v) is 6.23. The van der Waals surface area contributed by atoms with E-state index in [1.807, 2.05) is 20.2 Å². The van der Waals surface area contributed by atoms with Crippen LogP contribution in [0.3, 0.4) is 0 Å². The van der Waals surface area contributed by atoms with Gasteiger partial charge in [0.25, 0.3) is 0 Å². The zero-order valence-corrected chi connectivity index (χ0v) is 11.0. The number of hydrogen-bond acceptors (Lipinski definition) is 2. The van der Waals surface area contributed by atoms with Crippen LogP contribution in [0.15, 0.2) is 12.2 Å². The molecule has 0 aromatic carbocycles. The van der Waals surface area contributed by atoms with Crippen molar-refractivity contribution in [3.8, 4) is 0 Å². The molecule has 94 valence electrons.